The van der Waals surface area contributed by atoms with Gasteiger partial charge in [-0.05, 0) is 32.2 Å². The number of nitrogens with zero attached hydrogens (tertiary/aromatic N) is 1. The van der Waals surface area contributed by atoms with Crippen molar-refractivity contribution in [1.29, 1.82) is 0 Å². The molecule has 2 aliphatic rings. The molecule has 2 fully saturated rings. The van der Waals surface area contributed by atoms with E-state index in [1.807, 2.05) is 11.8 Å². The third kappa shape index (κ3) is 2.16. The Balaban J connectivity index is 1.95. The van der Waals surface area contributed by atoms with E-state index < -0.39 is 0 Å². The van der Waals surface area contributed by atoms with Crippen LogP contribution in [-0.4, -0.2) is 47.2 Å². The van der Waals surface area contributed by atoms with Crippen LogP contribution in [0.3, 0.4) is 0 Å². The van der Waals surface area contributed by atoms with Crippen molar-refractivity contribution in [3.05, 3.63) is 0 Å². The molecule has 4 nitrogen and oxygen atoms in total. The van der Waals surface area contributed by atoms with Crippen molar-refractivity contribution in [2.24, 2.45) is 0 Å². The molecule has 2 N–H and O–H groups in total. The molecule has 15 heavy (non-hydrogen) atoms. The summed E-state index contributed by atoms with van der Waals surface area (Å²) in [5.74, 6) is 0.205. The first kappa shape index (κ1) is 10.9. The van der Waals surface area contributed by atoms with Crippen LogP contribution in [0, 0.1) is 0 Å². The first-order valence-electron chi connectivity index (χ1n) is 5.92. The van der Waals surface area contributed by atoms with Crippen molar-refractivity contribution in [3.8, 4) is 0 Å². The summed E-state index contributed by atoms with van der Waals surface area (Å²) >= 11 is 0. The number of aliphatic hydroxyl groups excluding tert-OH is 1. The Bertz CT molecular complexity index is 231. The van der Waals surface area contributed by atoms with Crippen LogP contribution in [0.2, 0.25) is 0 Å². The molecule has 4 heteroatoms. The highest BCUT2D eigenvalue weighted by atomic mass is 16.3. The molecular weight excluding hydrogens is 192 g/mol. The van der Waals surface area contributed by atoms with Crippen LogP contribution >= 0.6 is 0 Å². The van der Waals surface area contributed by atoms with E-state index in [0.717, 1.165) is 32.2 Å². The molecule has 0 radical (unpaired) electrons. The average Bonchev–Trinajstić information content (AvgIpc) is 2.48. The number of piperidine rings is 1. The fourth-order valence-corrected chi connectivity index (χ4v) is 2.88. The topological polar surface area (TPSA) is 52.6 Å². The number of aliphatic hydroxyl groups is 1. The van der Waals surface area contributed by atoms with Gasteiger partial charge in [-0.3, -0.25) is 4.79 Å². The minimum Gasteiger partial charge on any atom is -0.393 e. The van der Waals surface area contributed by atoms with Gasteiger partial charge in [-0.1, -0.05) is 6.92 Å². The highest BCUT2D eigenvalue weighted by Crippen LogP contribution is 2.35. The van der Waals surface area contributed by atoms with Crippen molar-refractivity contribution >= 4 is 5.91 Å². The van der Waals surface area contributed by atoms with E-state index in [4.69, 9.17) is 0 Å². The zero-order valence-electron chi connectivity index (χ0n) is 9.28. The van der Waals surface area contributed by atoms with Gasteiger partial charge in [0.2, 0.25) is 5.91 Å². The first-order valence-corrected chi connectivity index (χ1v) is 5.92. The SMILES string of the molecule is CCNCC(=O)N1C2CCC1CC(O)C2. The Labute approximate surface area is 90.6 Å². The molecule has 0 aromatic rings. The lowest BCUT2D eigenvalue weighted by Crippen LogP contribution is -2.50. The van der Waals surface area contributed by atoms with E-state index in [1.54, 1.807) is 0 Å². The number of hydrogen-bond donors (Lipinski definition) is 2. The number of hydrogen-bond acceptors (Lipinski definition) is 3. The van der Waals surface area contributed by atoms with E-state index in [9.17, 15) is 9.90 Å². The maximum absolute atomic E-state index is 11.9. The van der Waals surface area contributed by atoms with Gasteiger partial charge in [0.05, 0.1) is 12.6 Å². The number of likely N-dealkylation sites (N-methyl/N-ethyl adjacent to an activating group) is 1. The molecule has 2 heterocycles. The molecule has 0 aliphatic carbocycles. The molecule has 1 amide bonds. The van der Waals surface area contributed by atoms with Gasteiger partial charge in [-0.15, -0.1) is 0 Å². The highest BCUT2D eigenvalue weighted by Gasteiger charge is 2.42. The lowest BCUT2D eigenvalue weighted by atomic mass is 10.00. The molecule has 2 aliphatic heterocycles. The highest BCUT2D eigenvalue weighted by molar-refractivity contribution is 5.79. The number of fused-ring (bicyclic) bond motifs is 2. The minimum atomic E-state index is -0.189. The number of rotatable bonds is 3. The van der Waals surface area contributed by atoms with Crippen molar-refractivity contribution in [2.75, 3.05) is 13.1 Å². The van der Waals surface area contributed by atoms with E-state index in [0.29, 0.717) is 18.6 Å². The molecule has 0 aromatic carbocycles. The van der Waals surface area contributed by atoms with E-state index in [2.05, 4.69) is 5.32 Å². The van der Waals surface area contributed by atoms with Gasteiger partial charge in [0.1, 0.15) is 0 Å². The first-order chi connectivity index (χ1) is 7.22. The number of carbonyl (C=O) groups excluding carboxylic acids is 1. The van der Waals surface area contributed by atoms with Crippen LogP contribution in [0.1, 0.15) is 32.6 Å². The molecular formula is C11H20N2O2. The summed E-state index contributed by atoms with van der Waals surface area (Å²) < 4.78 is 0. The largest absolute Gasteiger partial charge is 0.393 e. The Kier molecular flexibility index (Phi) is 3.26. The van der Waals surface area contributed by atoms with E-state index >= 15 is 0 Å². The molecule has 2 saturated heterocycles. The lowest BCUT2D eigenvalue weighted by molar-refractivity contribution is -0.136. The Morgan fingerprint density at radius 2 is 2.00 bits per heavy atom. The van der Waals surface area contributed by atoms with Crippen molar-refractivity contribution in [1.82, 2.24) is 10.2 Å². The summed E-state index contributed by atoms with van der Waals surface area (Å²) in [6.45, 7) is 3.28. The van der Waals surface area contributed by atoms with Gasteiger partial charge in [0.15, 0.2) is 0 Å². The quantitative estimate of drug-likeness (QED) is 0.698. The second kappa shape index (κ2) is 4.49. The third-order valence-electron chi connectivity index (χ3n) is 3.52. The van der Waals surface area contributed by atoms with Gasteiger partial charge < -0.3 is 15.3 Å². The summed E-state index contributed by atoms with van der Waals surface area (Å²) in [6.07, 6.45) is 3.49. The second-order valence-corrected chi connectivity index (χ2v) is 4.59. The molecule has 2 atom stereocenters. The zero-order valence-corrected chi connectivity index (χ0v) is 9.28. The molecule has 2 unspecified atom stereocenters. The normalized spacial score (nSPS) is 34.5. The van der Waals surface area contributed by atoms with Crippen LogP contribution in [0.5, 0.6) is 0 Å². The van der Waals surface area contributed by atoms with Gasteiger partial charge >= 0.3 is 0 Å². The van der Waals surface area contributed by atoms with E-state index in [-0.39, 0.29) is 12.0 Å². The van der Waals surface area contributed by atoms with Crippen molar-refractivity contribution in [2.45, 2.75) is 50.8 Å². The standard InChI is InChI=1S/C11H20N2O2/c1-2-12-7-11(15)13-8-3-4-9(13)6-10(14)5-8/h8-10,12,14H,2-7H2,1H3. The second-order valence-electron chi connectivity index (χ2n) is 4.59. The smallest absolute Gasteiger partial charge is 0.237 e. The van der Waals surface area contributed by atoms with Gasteiger partial charge in [0.25, 0.3) is 0 Å². The van der Waals surface area contributed by atoms with Crippen LogP contribution in [0.4, 0.5) is 0 Å². The average molecular weight is 212 g/mol. The summed E-state index contributed by atoms with van der Waals surface area (Å²) in [7, 11) is 0. The lowest BCUT2D eigenvalue weighted by Gasteiger charge is -2.37. The fourth-order valence-electron chi connectivity index (χ4n) is 2.88. The summed E-state index contributed by atoms with van der Waals surface area (Å²) in [6, 6.07) is 0.592. The maximum Gasteiger partial charge on any atom is 0.237 e. The van der Waals surface area contributed by atoms with Gasteiger partial charge in [-0.25, -0.2) is 0 Å². The van der Waals surface area contributed by atoms with Gasteiger partial charge in [0, 0.05) is 12.1 Å². The molecule has 2 rings (SSSR count). The van der Waals surface area contributed by atoms with E-state index in [1.165, 1.54) is 0 Å². The van der Waals surface area contributed by atoms with Crippen molar-refractivity contribution in [3.63, 3.8) is 0 Å². The molecule has 0 aromatic heterocycles. The predicted octanol–water partition coefficient (Wildman–Crippen LogP) is 0.110. The molecule has 2 bridgehead atoms. The van der Waals surface area contributed by atoms with Crippen molar-refractivity contribution < 1.29 is 9.90 Å². The Hall–Kier alpha value is -0.610. The third-order valence-corrected chi connectivity index (χ3v) is 3.52. The van der Waals surface area contributed by atoms with Crippen LogP contribution in [-0.2, 0) is 4.79 Å². The number of amides is 1. The number of carbonyl (C=O) groups is 1. The van der Waals surface area contributed by atoms with Crippen LogP contribution in [0.25, 0.3) is 0 Å². The molecule has 86 valence electrons. The van der Waals surface area contributed by atoms with Crippen LogP contribution in [0.15, 0.2) is 0 Å². The molecule has 0 saturated carbocycles. The summed E-state index contributed by atoms with van der Waals surface area (Å²) in [5.41, 5.74) is 0. The number of nitrogens with one attached hydrogen (secondary N) is 1. The maximum atomic E-state index is 11.9. The monoisotopic (exact) mass is 212 g/mol. The Morgan fingerprint density at radius 1 is 1.40 bits per heavy atom. The summed E-state index contributed by atoms with van der Waals surface area (Å²) in [5, 5.41) is 12.7. The van der Waals surface area contributed by atoms with Crippen LogP contribution < -0.4 is 5.32 Å². The van der Waals surface area contributed by atoms with Gasteiger partial charge in [-0.2, -0.15) is 0 Å². The zero-order chi connectivity index (χ0) is 10.8. The fraction of sp³-hybridized carbons (Fsp3) is 0.909. The summed E-state index contributed by atoms with van der Waals surface area (Å²) in [4.78, 5) is 13.9. The minimum absolute atomic E-state index is 0.189. The Morgan fingerprint density at radius 3 is 2.53 bits per heavy atom. The predicted molar refractivity (Wildman–Crippen MR) is 57.4 cm³/mol. The molecule has 0 spiro atoms.